The smallest absolute Gasteiger partial charge is 0.325 e. The molecule has 0 radical (unpaired) electrons. The van der Waals surface area contributed by atoms with Gasteiger partial charge in [0.05, 0.1) is 12.1 Å². The van der Waals surface area contributed by atoms with Crippen LogP contribution in [0.15, 0.2) is 36.4 Å². The highest BCUT2D eigenvalue weighted by molar-refractivity contribution is 7.16. The number of benzene rings is 1. The molecule has 0 unspecified atom stereocenters. The van der Waals surface area contributed by atoms with Crippen LogP contribution >= 0.6 is 11.3 Å². The number of nitrogens with zero attached hydrogens (tertiary/aromatic N) is 2. The number of hydrogen-bond donors (Lipinski definition) is 2. The molecule has 2 N–H and O–H groups in total. The van der Waals surface area contributed by atoms with Crippen LogP contribution in [0.5, 0.6) is 5.75 Å². The Balaban J connectivity index is 1.34. The minimum absolute atomic E-state index is 0.0644. The maximum Gasteiger partial charge on any atom is 0.325 e. The quantitative estimate of drug-likeness (QED) is 0.512. The first-order valence-electron chi connectivity index (χ1n) is 12.2. The van der Waals surface area contributed by atoms with E-state index in [2.05, 4.69) is 21.6 Å². The lowest BCUT2D eigenvalue weighted by Gasteiger charge is -2.40. The van der Waals surface area contributed by atoms with E-state index < -0.39 is 5.54 Å². The Morgan fingerprint density at radius 3 is 2.51 bits per heavy atom. The molecule has 4 rings (SSSR count). The second kappa shape index (κ2) is 10.8. The highest BCUT2D eigenvalue weighted by Gasteiger charge is 2.54. The molecule has 1 atom stereocenters. The number of urea groups is 1. The van der Waals surface area contributed by atoms with Crippen molar-refractivity contribution in [3.05, 3.63) is 46.8 Å². The molecule has 2 fully saturated rings. The van der Waals surface area contributed by atoms with E-state index in [1.54, 1.807) is 18.4 Å². The van der Waals surface area contributed by atoms with Crippen molar-refractivity contribution in [1.82, 2.24) is 15.1 Å². The molecule has 2 saturated heterocycles. The molecule has 1 aromatic carbocycles. The average molecular weight is 499 g/mol. The number of carbonyl (C=O) groups is 3. The average Bonchev–Trinajstić information content (AvgIpc) is 3.39. The van der Waals surface area contributed by atoms with Gasteiger partial charge in [0.25, 0.3) is 5.91 Å². The van der Waals surface area contributed by atoms with Crippen molar-refractivity contribution in [3.8, 4) is 5.75 Å². The molecule has 0 aliphatic carbocycles. The Morgan fingerprint density at radius 1 is 1.17 bits per heavy atom. The molecule has 0 bridgehead atoms. The number of methoxy groups -OCH3 is 1. The van der Waals surface area contributed by atoms with Crippen molar-refractivity contribution in [3.63, 3.8) is 0 Å². The van der Waals surface area contributed by atoms with E-state index >= 15 is 0 Å². The summed E-state index contributed by atoms with van der Waals surface area (Å²) in [5.41, 5.74) is 0.244. The standard InChI is InChI=1S/C26H34N4O4S/c1-4-26(20-12-14-29(15-13-20)17-22-9-10-23(35-22)27-18(2)31)24(32)30(25(33)28-26)16-11-19-5-7-21(34-3)8-6-19/h5-10,20H,4,11-17H2,1-3H3,(H,27,31)(H,28,33)/t26-/m0/s1. The molecular weight excluding hydrogens is 464 g/mol. The molecule has 1 aromatic heterocycles. The van der Waals surface area contributed by atoms with Gasteiger partial charge in [-0.15, -0.1) is 11.3 Å². The molecule has 2 aliphatic rings. The third-order valence-corrected chi connectivity index (χ3v) is 8.15. The summed E-state index contributed by atoms with van der Waals surface area (Å²) in [4.78, 5) is 42.6. The van der Waals surface area contributed by atoms with Gasteiger partial charge in [0.2, 0.25) is 5.91 Å². The van der Waals surface area contributed by atoms with E-state index in [1.165, 1.54) is 16.7 Å². The fourth-order valence-electron chi connectivity index (χ4n) is 5.19. The first-order valence-corrected chi connectivity index (χ1v) is 13.0. The monoisotopic (exact) mass is 498 g/mol. The van der Waals surface area contributed by atoms with Crippen LogP contribution in [0.1, 0.15) is 43.6 Å². The number of nitrogens with one attached hydrogen (secondary N) is 2. The summed E-state index contributed by atoms with van der Waals surface area (Å²) in [5.74, 6) is 0.748. The van der Waals surface area contributed by atoms with Gasteiger partial charge in [-0.2, -0.15) is 0 Å². The Kier molecular flexibility index (Phi) is 7.76. The largest absolute Gasteiger partial charge is 0.497 e. The maximum absolute atomic E-state index is 13.5. The number of likely N-dealkylation sites (tertiary alicyclic amines) is 1. The third-order valence-electron chi connectivity index (χ3n) is 7.17. The van der Waals surface area contributed by atoms with Crippen molar-refractivity contribution in [2.24, 2.45) is 5.92 Å². The number of amides is 4. The predicted octanol–water partition coefficient (Wildman–Crippen LogP) is 3.87. The molecule has 188 valence electrons. The molecule has 0 saturated carbocycles. The number of piperidine rings is 1. The fourth-order valence-corrected chi connectivity index (χ4v) is 6.19. The summed E-state index contributed by atoms with van der Waals surface area (Å²) in [7, 11) is 1.63. The predicted molar refractivity (Wildman–Crippen MR) is 137 cm³/mol. The van der Waals surface area contributed by atoms with Gasteiger partial charge in [-0.25, -0.2) is 4.79 Å². The van der Waals surface area contributed by atoms with Crippen molar-refractivity contribution in [1.29, 1.82) is 0 Å². The van der Waals surface area contributed by atoms with Crippen LogP contribution in [0, 0.1) is 5.92 Å². The summed E-state index contributed by atoms with van der Waals surface area (Å²) in [5, 5.41) is 6.78. The summed E-state index contributed by atoms with van der Waals surface area (Å²) >= 11 is 1.59. The molecule has 2 aromatic rings. The summed E-state index contributed by atoms with van der Waals surface area (Å²) < 4.78 is 5.20. The summed E-state index contributed by atoms with van der Waals surface area (Å²) in [6, 6.07) is 11.4. The van der Waals surface area contributed by atoms with Crippen LogP contribution in [0.25, 0.3) is 0 Å². The minimum Gasteiger partial charge on any atom is -0.497 e. The molecular formula is C26H34N4O4S. The Hall–Kier alpha value is -2.91. The normalized spacial score (nSPS) is 21.3. The molecule has 35 heavy (non-hydrogen) atoms. The first kappa shape index (κ1) is 25.2. The molecule has 4 amide bonds. The third kappa shape index (κ3) is 5.51. The molecule has 2 aliphatic heterocycles. The maximum atomic E-state index is 13.5. The molecule has 9 heteroatoms. The van der Waals surface area contributed by atoms with E-state index in [-0.39, 0.29) is 23.8 Å². The van der Waals surface area contributed by atoms with Gasteiger partial charge in [0.1, 0.15) is 11.3 Å². The van der Waals surface area contributed by atoms with Crippen LogP contribution in [-0.2, 0) is 22.6 Å². The SMILES string of the molecule is CC[C@@]1(C2CCN(Cc3ccc(NC(C)=O)s3)CC2)NC(=O)N(CCc2ccc(OC)cc2)C1=O. The number of rotatable bonds is 9. The fraction of sp³-hybridized carbons (Fsp3) is 0.500. The highest BCUT2D eigenvalue weighted by atomic mass is 32.1. The number of hydrogen-bond acceptors (Lipinski definition) is 6. The van der Waals surface area contributed by atoms with Crippen molar-refractivity contribution in [2.75, 3.05) is 32.1 Å². The van der Waals surface area contributed by atoms with E-state index in [4.69, 9.17) is 4.74 Å². The van der Waals surface area contributed by atoms with Gasteiger partial charge in [-0.1, -0.05) is 19.1 Å². The zero-order valence-corrected chi connectivity index (χ0v) is 21.5. The lowest BCUT2D eigenvalue weighted by Crippen LogP contribution is -2.55. The minimum atomic E-state index is -0.815. The Morgan fingerprint density at radius 2 is 1.89 bits per heavy atom. The van der Waals surface area contributed by atoms with Crippen LogP contribution in [0.4, 0.5) is 9.80 Å². The zero-order chi connectivity index (χ0) is 25.0. The van der Waals surface area contributed by atoms with Gasteiger partial charge in [0, 0.05) is 24.9 Å². The lowest BCUT2D eigenvalue weighted by molar-refractivity contribution is -0.134. The first-order chi connectivity index (χ1) is 16.8. The van der Waals surface area contributed by atoms with Crippen molar-refractivity contribution < 1.29 is 19.1 Å². The Labute approximate surface area is 210 Å². The highest BCUT2D eigenvalue weighted by Crippen LogP contribution is 2.37. The number of thiophene rings is 1. The van der Waals surface area contributed by atoms with E-state index in [0.29, 0.717) is 19.4 Å². The van der Waals surface area contributed by atoms with E-state index in [1.807, 2.05) is 37.3 Å². The Bertz CT molecular complexity index is 1060. The molecule has 3 heterocycles. The number of carbonyl (C=O) groups excluding carboxylic acids is 3. The second-order valence-electron chi connectivity index (χ2n) is 9.31. The molecule has 8 nitrogen and oxygen atoms in total. The van der Waals surface area contributed by atoms with Gasteiger partial charge in [0.15, 0.2) is 0 Å². The summed E-state index contributed by atoms with van der Waals surface area (Å²) in [6.45, 7) is 6.43. The van der Waals surface area contributed by atoms with Crippen LogP contribution in [0.3, 0.4) is 0 Å². The zero-order valence-electron chi connectivity index (χ0n) is 20.6. The van der Waals surface area contributed by atoms with Gasteiger partial charge < -0.3 is 15.4 Å². The van der Waals surface area contributed by atoms with E-state index in [9.17, 15) is 14.4 Å². The van der Waals surface area contributed by atoms with Gasteiger partial charge in [-0.05, 0) is 74.5 Å². The van der Waals surface area contributed by atoms with Crippen LogP contribution < -0.4 is 15.4 Å². The number of imide groups is 1. The van der Waals surface area contributed by atoms with Gasteiger partial charge >= 0.3 is 6.03 Å². The number of anilines is 1. The van der Waals surface area contributed by atoms with Crippen LogP contribution in [0.2, 0.25) is 0 Å². The summed E-state index contributed by atoms with van der Waals surface area (Å²) in [6.07, 6.45) is 2.92. The van der Waals surface area contributed by atoms with Gasteiger partial charge in [-0.3, -0.25) is 19.4 Å². The number of ether oxygens (including phenoxy) is 1. The topological polar surface area (TPSA) is 91.0 Å². The second-order valence-corrected chi connectivity index (χ2v) is 10.5. The van der Waals surface area contributed by atoms with Crippen LogP contribution in [-0.4, -0.2) is 59.9 Å². The van der Waals surface area contributed by atoms with Crippen molar-refractivity contribution >= 4 is 34.2 Å². The lowest BCUT2D eigenvalue weighted by atomic mass is 9.75. The van der Waals surface area contributed by atoms with E-state index in [0.717, 1.165) is 48.8 Å². The van der Waals surface area contributed by atoms with Crippen molar-refractivity contribution in [2.45, 2.75) is 51.6 Å². The molecule has 0 spiro atoms.